The maximum Gasteiger partial charge on any atom is 0.333 e. The van der Waals surface area contributed by atoms with E-state index in [2.05, 4.69) is 15.7 Å². The van der Waals surface area contributed by atoms with Gasteiger partial charge in [-0.2, -0.15) is 5.10 Å². The SMILES string of the molecule is CCOC(=O)C(C)(C)n1cc(NC(=O)C2COCCN2)cn1.Cl. The van der Waals surface area contributed by atoms with Crippen molar-refractivity contribution in [3.05, 3.63) is 12.4 Å². The minimum atomic E-state index is -0.939. The zero-order chi connectivity index (χ0) is 16.2. The zero-order valence-corrected chi connectivity index (χ0v) is 14.3. The molecule has 2 rings (SSSR count). The van der Waals surface area contributed by atoms with Gasteiger partial charge in [0.05, 0.1) is 31.7 Å². The number of hydrogen-bond acceptors (Lipinski definition) is 6. The summed E-state index contributed by atoms with van der Waals surface area (Å²) in [5, 5.41) is 9.97. The molecule has 0 spiro atoms. The van der Waals surface area contributed by atoms with Crippen LogP contribution in [0.15, 0.2) is 12.4 Å². The van der Waals surface area contributed by atoms with E-state index in [4.69, 9.17) is 9.47 Å². The van der Waals surface area contributed by atoms with E-state index in [0.717, 1.165) is 0 Å². The third-order valence-electron chi connectivity index (χ3n) is 3.44. The molecule has 1 amide bonds. The summed E-state index contributed by atoms with van der Waals surface area (Å²) in [6, 6.07) is -0.379. The number of ether oxygens (including phenoxy) is 2. The number of anilines is 1. The molecule has 1 aromatic heterocycles. The minimum absolute atomic E-state index is 0. The molecule has 0 radical (unpaired) electrons. The molecule has 1 saturated heterocycles. The topological polar surface area (TPSA) is 94.5 Å². The van der Waals surface area contributed by atoms with Crippen LogP contribution in [0.5, 0.6) is 0 Å². The molecule has 0 saturated carbocycles. The van der Waals surface area contributed by atoms with Gasteiger partial charge in [0.25, 0.3) is 0 Å². The third-order valence-corrected chi connectivity index (χ3v) is 3.44. The Morgan fingerprint density at radius 3 is 2.91 bits per heavy atom. The Bertz CT molecular complexity index is 541. The lowest BCUT2D eigenvalue weighted by molar-refractivity contribution is -0.152. The standard InChI is InChI=1S/C14H22N4O4.ClH/c1-4-22-13(20)14(2,3)18-8-10(7-16-18)17-12(19)11-9-21-6-5-15-11;/h7-8,11,15H,4-6,9H2,1-3H3,(H,17,19);1H. The van der Waals surface area contributed by atoms with Gasteiger partial charge in [-0.3, -0.25) is 9.48 Å². The molecule has 8 nitrogen and oxygen atoms in total. The molecular formula is C14H23ClN4O4. The van der Waals surface area contributed by atoms with Crippen molar-refractivity contribution in [1.29, 1.82) is 0 Å². The molecule has 1 atom stereocenters. The second kappa shape index (κ2) is 8.28. The van der Waals surface area contributed by atoms with Crippen molar-refractivity contribution in [3.63, 3.8) is 0 Å². The van der Waals surface area contributed by atoms with Crippen LogP contribution in [0.4, 0.5) is 5.69 Å². The number of carbonyl (C=O) groups excluding carboxylic acids is 2. The summed E-state index contributed by atoms with van der Waals surface area (Å²) in [5.41, 5.74) is -0.416. The highest BCUT2D eigenvalue weighted by Crippen LogP contribution is 2.19. The Balaban J connectivity index is 0.00000264. The first-order valence-corrected chi connectivity index (χ1v) is 7.29. The summed E-state index contributed by atoms with van der Waals surface area (Å²) in [5.74, 6) is -0.563. The van der Waals surface area contributed by atoms with Crippen molar-refractivity contribution in [2.45, 2.75) is 32.4 Å². The molecule has 130 valence electrons. The van der Waals surface area contributed by atoms with E-state index in [1.54, 1.807) is 27.0 Å². The maximum absolute atomic E-state index is 12.1. The second-order valence-corrected chi connectivity index (χ2v) is 5.52. The highest BCUT2D eigenvalue weighted by molar-refractivity contribution is 5.94. The summed E-state index contributed by atoms with van der Waals surface area (Å²) < 4.78 is 11.8. The largest absolute Gasteiger partial charge is 0.464 e. The van der Waals surface area contributed by atoms with Gasteiger partial charge in [-0.25, -0.2) is 4.79 Å². The summed E-state index contributed by atoms with van der Waals surface area (Å²) in [4.78, 5) is 24.0. The first-order valence-electron chi connectivity index (χ1n) is 7.29. The van der Waals surface area contributed by atoms with Crippen LogP contribution in [0.3, 0.4) is 0 Å². The quantitative estimate of drug-likeness (QED) is 0.755. The molecule has 1 aliphatic rings. The molecule has 0 aliphatic carbocycles. The Labute approximate surface area is 141 Å². The van der Waals surface area contributed by atoms with Crippen molar-refractivity contribution in [2.75, 3.05) is 31.7 Å². The van der Waals surface area contributed by atoms with Crippen molar-refractivity contribution >= 4 is 30.0 Å². The van der Waals surface area contributed by atoms with Gasteiger partial charge in [0.15, 0.2) is 5.54 Å². The number of morpholine rings is 1. The first kappa shape index (κ1) is 19.4. The molecule has 0 bridgehead atoms. The number of esters is 1. The lowest BCUT2D eigenvalue weighted by atomic mass is 10.1. The summed E-state index contributed by atoms with van der Waals surface area (Å²) >= 11 is 0. The molecule has 2 heterocycles. The molecule has 2 N–H and O–H groups in total. The Morgan fingerprint density at radius 2 is 2.30 bits per heavy atom. The third kappa shape index (κ3) is 4.66. The van der Waals surface area contributed by atoms with Gasteiger partial charge in [-0.15, -0.1) is 12.4 Å². The number of aromatic nitrogens is 2. The van der Waals surface area contributed by atoms with Crippen LogP contribution < -0.4 is 10.6 Å². The van der Waals surface area contributed by atoms with Crippen molar-refractivity contribution < 1.29 is 19.1 Å². The monoisotopic (exact) mass is 346 g/mol. The summed E-state index contributed by atoms with van der Waals surface area (Å²) in [6.07, 6.45) is 3.11. The number of amides is 1. The van der Waals surface area contributed by atoms with Gasteiger partial charge in [0, 0.05) is 12.7 Å². The smallest absolute Gasteiger partial charge is 0.333 e. The Morgan fingerprint density at radius 1 is 1.57 bits per heavy atom. The van der Waals surface area contributed by atoms with Crippen molar-refractivity contribution in [1.82, 2.24) is 15.1 Å². The average Bonchev–Trinajstić information content (AvgIpc) is 2.97. The molecule has 1 fully saturated rings. The van der Waals surface area contributed by atoms with Gasteiger partial charge in [0.2, 0.25) is 5.91 Å². The molecule has 1 aliphatic heterocycles. The van der Waals surface area contributed by atoms with E-state index in [1.165, 1.54) is 10.9 Å². The average molecular weight is 347 g/mol. The van der Waals surface area contributed by atoms with E-state index in [0.29, 0.717) is 32.1 Å². The van der Waals surface area contributed by atoms with Crippen LogP contribution >= 0.6 is 12.4 Å². The van der Waals surface area contributed by atoms with Gasteiger partial charge >= 0.3 is 5.97 Å². The van der Waals surface area contributed by atoms with Crippen molar-refractivity contribution in [2.24, 2.45) is 0 Å². The number of carbonyl (C=O) groups is 2. The van der Waals surface area contributed by atoms with E-state index in [9.17, 15) is 9.59 Å². The van der Waals surface area contributed by atoms with E-state index in [-0.39, 0.29) is 30.3 Å². The minimum Gasteiger partial charge on any atom is -0.464 e. The molecule has 9 heteroatoms. The highest BCUT2D eigenvalue weighted by Gasteiger charge is 2.32. The number of halogens is 1. The van der Waals surface area contributed by atoms with Crippen LogP contribution in [0, 0.1) is 0 Å². The van der Waals surface area contributed by atoms with Crippen molar-refractivity contribution in [3.8, 4) is 0 Å². The number of hydrogen-bond donors (Lipinski definition) is 2. The number of nitrogens with one attached hydrogen (secondary N) is 2. The van der Waals surface area contributed by atoms with E-state index < -0.39 is 5.54 Å². The lowest BCUT2D eigenvalue weighted by Gasteiger charge is -2.23. The summed E-state index contributed by atoms with van der Waals surface area (Å²) in [7, 11) is 0. The predicted octanol–water partition coefficient (Wildman–Crippen LogP) is 0.530. The van der Waals surface area contributed by atoms with Gasteiger partial charge in [-0.1, -0.05) is 0 Å². The maximum atomic E-state index is 12.1. The fraction of sp³-hybridized carbons (Fsp3) is 0.643. The van der Waals surface area contributed by atoms with Gasteiger partial charge < -0.3 is 20.1 Å². The second-order valence-electron chi connectivity index (χ2n) is 5.52. The molecular weight excluding hydrogens is 324 g/mol. The van der Waals surface area contributed by atoms with Crippen LogP contribution in [-0.2, 0) is 24.6 Å². The molecule has 23 heavy (non-hydrogen) atoms. The van der Waals surface area contributed by atoms with Gasteiger partial charge in [0.1, 0.15) is 6.04 Å². The molecule has 0 aromatic carbocycles. The van der Waals surface area contributed by atoms with E-state index >= 15 is 0 Å². The molecule has 1 unspecified atom stereocenters. The van der Waals surface area contributed by atoms with Crippen LogP contribution in [0.2, 0.25) is 0 Å². The summed E-state index contributed by atoms with van der Waals surface area (Å²) in [6.45, 7) is 7.07. The van der Waals surface area contributed by atoms with Crippen LogP contribution in [0.1, 0.15) is 20.8 Å². The molecule has 1 aromatic rings. The Kier molecular flexibility index (Phi) is 6.99. The lowest BCUT2D eigenvalue weighted by Crippen LogP contribution is -2.48. The van der Waals surface area contributed by atoms with E-state index in [1.807, 2.05) is 0 Å². The zero-order valence-electron chi connectivity index (χ0n) is 13.5. The van der Waals surface area contributed by atoms with Crippen LogP contribution in [0.25, 0.3) is 0 Å². The number of rotatable bonds is 5. The Hall–Kier alpha value is -1.64. The fourth-order valence-corrected chi connectivity index (χ4v) is 2.06. The van der Waals surface area contributed by atoms with Crippen LogP contribution in [-0.4, -0.2) is 54.1 Å². The van der Waals surface area contributed by atoms with Gasteiger partial charge in [-0.05, 0) is 20.8 Å². The first-order chi connectivity index (χ1) is 10.4. The highest BCUT2D eigenvalue weighted by atomic mass is 35.5. The normalized spacial score (nSPS) is 18.0. The predicted molar refractivity (Wildman–Crippen MR) is 86.7 cm³/mol. The fourth-order valence-electron chi connectivity index (χ4n) is 2.06. The number of nitrogens with zero attached hydrogens (tertiary/aromatic N) is 2.